The Morgan fingerprint density at radius 1 is 1.24 bits per heavy atom. The average Bonchev–Trinajstić information content (AvgIpc) is 2.46. The molecule has 1 aromatic rings. The number of anilines is 2. The van der Waals surface area contributed by atoms with Gasteiger partial charge in [0.1, 0.15) is 5.69 Å². The van der Waals surface area contributed by atoms with Crippen molar-refractivity contribution in [3.8, 4) is 0 Å². The molecule has 0 aromatic heterocycles. The van der Waals surface area contributed by atoms with Crippen molar-refractivity contribution in [3.05, 3.63) is 23.8 Å². The number of aliphatic hydroxyl groups excluding tert-OH is 3. The molecule has 1 atom stereocenters. The predicted molar refractivity (Wildman–Crippen MR) is 75.4 cm³/mol. The van der Waals surface area contributed by atoms with Gasteiger partial charge in [0.25, 0.3) is 0 Å². The quantitative estimate of drug-likeness (QED) is 0.644. The van der Waals surface area contributed by atoms with Crippen molar-refractivity contribution in [1.82, 2.24) is 0 Å². The standard InChI is InChI=1S/C14H20F2N2O3/c15-12-5-9(17-7-11(21)8-19)6-13(16)14(12)18-3-1-10(20)2-4-18/h5-6,10-11,17,19-21H,1-4,7-8H2. The van der Waals surface area contributed by atoms with Crippen LogP contribution in [0.2, 0.25) is 0 Å². The minimum atomic E-state index is -0.987. The second kappa shape index (κ2) is 7.02. The summed E-state index contributed by atoms with van der Waals surface area (Å²) in [5.41, 5.74) is 0.119. The SMILES string of the molecule is OCC(O)CNc1cc(F)c(N2CCC(O)CC2)c(F)c1. The highest BCUT2D eigenvalue weighted by Crippen LogP contribution is 2.29. The van der Waals surface area contributed by atoms with Gasteiger partial charge in [-0.15, -0.1) is 0 Å². The fraction of sp³-hybridized carbons (Fsp3) is 0.571. The number of halogens is 2. The lowest BCUT2D eigenvalue weighted by Gasteiger charge is -2.32. The van der Waals surface area contributed by atoms with E-state index in [-0.39, 0.29) is 17.9 Å². The maximum Gasteiger partial charge on any atom is 0.151 e. The molecule has 5 nitrogen and oxygen atoms in total. The van der Waals surface area contributed by atoms with Crippen LogP contribution in [0.15, 0.2) is 12.1 Å². The molecule has 0 bridgehead atoms. The first-order valence-electron chi connectivity index (χ1n) is 6.96. The summed E-state index contributed by atoms with van der Waals surface area (Å²) in [6.07, 6.45) is -0.420. The molecule has 1 saturated heterocycles. The van der Waals surface area contributed by atoms with Crippen molar-refractivity contribution in [2.24, 2.45) is 0 Å². The van der Waals surface area contributed by atoms with Gasteiger partial charge in [-0.2, -0.15) is 0 Å². The van der Waals surface area contributed by atoms with Crippen molar-refractivity contribution in [2.75, 3.05) is 36.5 Å². The van der Waals surface area contributed by atoms with Gasteiger partial charge < -0.3 is 25.5 Å². The van der Waals surface area contributed by atoms with Gasteiger partial charge in [-0.25, -0.2) is 8.78 Å². The number of rotatable bonds is 5. The lowest BCUT2D eigenvalue weighted by atomic mass is 10.1. The molecule has 1 aliphatic rings. The summed E-state index contributed by atoms with van der Waals surface area (Å²) >= 11 is 0. The van der Waals surface area contributed by atoms with Crippen LogP contribution >= 0.6 is 0 Å². The summed E-state index contributed by atoms with van der Waals surface area (Å²) in [5, 5.41) is 30.0. The number of hydrogen-bond acceptors (Lipinski definition) is 5. The van der Waals surface area contributed by atoms with E-state index in [4.69, 9.17) is 5.11 Å². The minimum absolute atomic E-state index is 0.00460. The third kappa shape index (κ3) is 4.03. The van der Waals surface area contributed by atoms with Gasteiger partial charge in [-0.3, -0.25) is 0 Å². The van der Waals surface area contributed by atoms with E-state index in [0.717, 1.165) is 12.1 Å². The predicted octanol–water partition coefficient (Wildman–Crippen LogP) is 0.691. The van der Waals surface area contributed by atoms with Crippen molar-refractivity contribution in [2.45, 2.75) is 25.0 Å². The first-order valence-corrected chi connectivity index (χ1v) is 6.96. The van der Waals surface area contributed by atoms with Crippen LogP contribution in [0.5, 0.6) is 0 Å². The van der Waals surface area contributed by atoms with Crippen molar-refractivity contribution < 1.29 is 24.1 Å². The molecule has 7 heteroatoms. The van der Waals surface area contributed by atoms with E-state index >= 15 is 0 Å². The lowest BCUT2D eigenvalue weighted by Crippen LogP contribution is -2.36. The van der Waals surface area contributed by atoms with E-state index in [9.17, 15) is 19.0 Å². The molecule has 1 aliphatic heterocycles. The molecular weight excluding hydrogens is 282 g/mol. The van der Waals surface area contributed by atoms with Gasteiger partial charge in [0.2, 0.25) is 0 Å². The molecule has 0 aliphatic carbocycles. The van der Waals surface area contributed by atoms with Crippen LogP contribution in [0.4, 0.5) is 20.2 Å². The molecule has 118 valence electrons. The number of hydrogen-bond donors (Lipinski definition) is 4. The Kier molecular flexibility index (Phi) is 5.33. The van der Waals surface area contributed by atoms with Crippen molar-refractivity contribution in [1.29, 1.82) is 0 Å². The molecule has 1 unspecified atom stereocenters. The van der Waals surface area contributed by atoms with Crippen LogP contribution in [0.25, 0.3) is 0 Å². The van der Waals surface area contributed by atoms with Gasteiger partial charge in [0.15, 0.2) is 11.6 Å². The van der Waals surface area contributed by atoms with E-state index in [0.29, 0.717) is 25.9 Å². The highest BCUT2D eigenvalue weighted by molar-refractivity contribution is 5.57. The Morgan fingerprint density at radius 2 is 1.81 bits per heavy atom. The molecule has 0 spiro atoms. The zero-order chi connectivity index (χ0) is 15.4. The van der Waals surface area contributed by atoms with E-state index in [1.807, 2.05) is 0 Å². The van der Waals surface area contributed by atoms with E-state index in [1.54, 1.807) is 4.90 Å². The fourth-order valence-corrected chi connectivity index (χ4v) is 2.36. The number of benzene rings is 1. The number of nitrogens with one attached hydrogen (secondary N) is 1. The Morgan fingerprint density at radius 3 is 2.33 bits per heavy atom. The monoisotopic (exact) mass is 302 g/mol. The third-order valence-electron chi connectivity index (χ3n) is 3.55. The van der Waals surface area contributed by atoms with Crippen LogP contribution in [0, 0.1) is 11.6 Å². The lowest BCUT2D eigenvalue weighted by molar-refractivity contribution is 0.105. The Hall–Kier alpha value is -1.44. The number of nitrogens with zero attached hydrogens (tertiary/aromatic N) is 1. The smallest absolute Gasteiger partial charge is 0.151 e. The maximum absolute atomic E-state index is 14.1. The van der Waals surface area contributed by atoms with Crippen LogP contribution in [-0.4, -0.2) is 53.8 Å². The molecule has 1 fully saturated rings. The normalized spacial score (nSPS) is 17.9. The first kappa shape index (κ1) is 15.9. The Bertz CT molecular complexity index is 456. The van der Waals surface area contributed by atoms with Crippen molar-refractivity contribution in [3.63, 3.8) is 0 Å². The van der Waals surface area contributed by atoms with Gasteiger partial charge in [0, 0.05) is 25.3 Å². The van der Waals surface area contributed by atoms with E-state index in [2.05, 4.69) is 5.32 Å². The van der Waals surface area contributed by atoms with Crippen LogP contribution in [-0.2, 0) is 0 Å². The summed E-state index contributed by atoms with van der Waals surface area (Å²) in [6.45, 7) is 0.396. The number of aliphatic hydroxyl groups is 3. The van der Waals surface area contributed by atoms with Gasteiger partial charge >= 0.3 is 0 Å². The van der Waals surface area contributed by atoms with Gasteiger partial charge in [0.05, 0.1) is 18.8 Å². The molecule has 0 amide bonds. The summed E-state index contributed by atoms with van der Waals surface area (Å²) in [5.74, 6) is -1.38. The fourth-order valence-electron chi connectivity index (χ4n) is 2.36. The zero-order valence-corrected chi connectivity index (χ0v) is 11.6. The highest BCUT2D eigenvalue weighted by Gasteiger charge is 2.23. The molecular formula is C14H20F2N2O3. The zero-order valence-electron chi connectivity index (χ0n) is 11.6. The van der Waals surface area contributed by atoms with E-state index in [1.165, 1.54) is 0 Å². The molecule has 1 aromatic carbocycles. The molecule has 4 N–H and O–H groups in total. The average molecular weight is 302 g/mol. The van der Waals surface area contributed by atoms with Gasteiger partial charge in [-0.05, 0) is 25.0 Å². The van der Waals surface area contributed by atoms with Gasteiger partial charge in [-0.1, -0.05) is 0 Å². The summed E-state index contributed by atoms with van der Waals surface area (Å²) < 4.78 is 28.2. The van der Waals surface area contributed by atoms with Crippen LogP contribution in [0.3, 0.4) is 0 Å². The highest BCUT2D eigenvalue weighted by atomic mass is 19.1. The molecule has 1 heterocycles. The molecule has 0 saturated carbocycles. The molecule has 2 rings (SSSR count). The second-order valence-corrected chi connectivity index (χ2v) is 5.22. The second-order valence-electron chi connectivity index (χ2n) is 5.22. The minimum Gasteiger partial charge on any atom is -0.394 e. The topological polar surface area (TPSA) is 76.0 Å². The van der Waals surface area contributed by atoms with Crippen molar-refractivity contribution >= 4 is 11.4 Å². The Balaban J connectivity index is 2.10. The maximum atomic E-state index is 14.1. The van der Waals surface area contributed by atoms with Crippen LogP contribution in [0.1, 0.15) is 12.8 Å². The molecule has 21 heavy (non-hydrogen) atoms. The summed E-state index contributed by atoms with van der Waals surface area (Å²) in [7, 11) is 0. The third-order valence-corrected chi connectivity index (χ3v) is 3.55. The van der Waals surface area contributed by atoms with E-state index < -0.39 is 30.4 Å². The molecule has 0 radical (unpaired) electrons. The summed E-state index contributed by atoms with van der Waals surface area (Å²) in [4.78, 5) is 1.59. The first-order chi connectivity index (χ1) is 10.0. The summed E-state index contributed by atoms with van der Waals surface area (Å²) in [6, 6.07) is 2.32. The largest absolute Gasteiger partial charge is 0.394 e. The van der Waals surface area contributed by atoms with Crippen LogP contribution < -0.4 is 10.2 Å². The number of piperidine rings is 1. The Labute approximate surface area is 121 Å².